The number of nitrogens with zero attached hydrogens (tertiary/aromatic N) is 2. The Morgan fingerprint density at radius 1 is 1.32 bits per heavy atom. The largest absolute Gasteiger partial charge is 0.496 e. The van der Waals surface area contributed by atoms with Crippen molar-refractivity contribution in [1.29, 1.82) is 0 Å². The Labute approximate surface area is 160 Å². The second-order valence-electron chi connectivity index (χ2n) is 6.64. The van der Waals surface area contributed by atoms with E-state index in [1.807, 2.05) is 24.3 Å². The first-order valence-corrected chi connectivity index (χ1v) is 8.91. The highest BCUT2D eigenvalue weighted by Crippen LogP contribution is 2.31. The fourth-order valence-corrected chi connectivity index (χ4v) is 3.47. The monoisotopic (exact) mass is 382 g/mol. The van der Waals surface area contributed by atoms with Crippen molar-refractivity contribution in [2.75, 3.05) is 18.6 Å². The zero-order chi connectivity index (χ0) is 19.7. The van der Waals surface area contributed by atoms with Gasteiger partial charge in [-0.1, -0.05) is 24.3 Å². The average Bonchev–Trinajstić information content (AvgIpc) is 3.30. The number of halogens is 1. The Morgan fingerprint density at radius 2 is 2.14 bits per heavy atom. The number of hydrogen-bond donors (Lipinski definition) is 2. The molecule has 144 valence electrons. The maximum atomic E-state index is 14.2. The highest BCUT2D eigenvalue weighted by molar-refractivity contribution is 6.05. The molecule has 8 heteroatoms. The van der Waals surface area contributed by atoms with Gasteiger partial charge in [0.05, 0.1) is 23.9 Å². The number of H-pyrrole nitrogens is 1. The number of amides is 2. The van der Waals surface area contributed by atoms with E-state index in [-0.39, 0.29) is 36.0 Å². The molecule has 0 aliphatic carbocycles. The average molecular weight is 382 g/mol. The van der Waals surface area contributed by atoms with Crippen molar-refractivity contribution in [2.24, 2.45) is 5.92 Å². The zero-order valence-electron chi connectivity index (χ0n) is 15.2. The highest BCUT2D eigenvalue weighted by Gasteiger charge is 2.37. The van der Waals surface area contributed by atoms with Gasteiger partial charge in [-0.25, -0.2) is 4.39 Å². The van der Waals surface area contributed by atoms with Crippen molar-refractivity contribution in [2.45, 2.75) is 13.0 Å². The van der Waals surface area contributed by atoms with Crippen LogP contribution in [-0.4, -0.2) is 35.7 Å². The van der Waals surface area contributed by atoms with Crippen LogP contribution in [0.2, 0.25) is 0 Å². The van der Waals surface area contributed by atoms with Gasteiger partial charge in [-0.3, -0.25) is 19.6 Å². The molecule has 0 radical (unpaired) electrons. The quantitative estimate of drug-likeness (QED) is 0.709. The molecule has 0 saturated carbocycles. The van der Waals surface area contributed by atoms with Gasteiger partial charge in [0.2, 0.25) is 11.8 Å². The SMILES string of the molecule is COc1ccccc1CNC(=O)C1CC(=O)N(c2n[nH]c3cccc(F)c23)C1. The third-order valence-electron chi connectivity index (χ3n) is 4.92. The summed E-state index contributed by atoms with van der Waals surface area (Å²) < 4.78 is 19.5. The van der Waals surface area contributed by atoms with E-state index >= 15 is 0 Å². The zero-order valence-corrected chi connectivity index (χ0v) is 15.2. The summed E-state index contributed by atoms with van der Waals surface area (Å²) in [5.41, 5.74) is 1.35. The molecule has 1 fully saturated rings. The molecule has 2 amide bonds. The number of methoxy groups -OCH3 is 1. The van der Waals surface area contributed by atoms with Crippen LogP contribution in [-0.2, 0) is 16.1 Å². The lowest BCUT2D eigenvalue weighted by molar-refractivity contribution is -0.126. The molecule has 0 bridgehead atoms. The van der Waals surface area contributed by atoms with Crippen molar-refractivity contribution in [3.05, 3.63) is 53.8 Å². The summed E-state index contributed by atoms with van der Waals surface area (Å²) in [6.45, 7) is 0.457. The number of ether oxygens (including phenoxy) is 1. The number of nitrogens with one attached hydrogen (secondary N) is 2. The molecule has 1 atom stereocenters. The number of benzene rings is 2. The van der Waals surface area contributed by atoms with E-state index in [2.05, 4.69) is 15.5 Å². The van der Waals surface area contributed by atoms with Crippen molar-refractivity contribution in [1.82, 2.24) is 15.5 Å². The van der Waals surface area contributed by atoms with Crippen LogP contribution < -0.4 is 15.0 Å². The number of aromatic nitrogens is 2. The third kappa shape index (κ3) is 3.17. The molecule has 1 aliphatic rings. The predicted molar refractivity (Wildman–Crippen MR) is 101 cm³/mol. The first-order chi connectivity index (χ1) is 13.6. The van der Waals surface area contributed by atoms with E-state index in [0.717, 1.165) is 5.56 Å². The lowest BCUT2D eigenvalue weighted by Crippen LogP contribution is -2.32. The molecule has 28 heavy (non-hydrogen) atoms. The highest BCUT2D eigenvalue weighted by atomic mass is 19.1. The Morgan fingerprint density at radius 3 is 2.96 bits per heavy atom. The van der Waals surface area contributed by atoms with Gasteiger partial charge in [-0.05, 0) is 18.2 Å². The summed E-state index contributed by atoms with van der Waals surface area (Å²) in [5, 5.41) is 9.93. The molecule has 2 aromatic carbocycles. The van der Waals surface area contributed by atoms with E-state index in [1.165, 1.54) is 11.0 Å². The Kier molecular flexibility index (Phi) is 4.68. The van der Waals surface area contributed by atoms with Crippen LogP contribution in [0.5, 0.6) is 5.75 Å². The number of carbonyl (C=O) groups is 2. The van der Waals surface area contributed by atoms with E-state index in [1.54, 1.807) is 19.2 Å². The van der Waals surface area contributed by atoms with Crippen molar-refractivity contribution >= 4 is 28.5 Å². The van der Waals surface area contributed by atoms with Crippen LogP contribution in [0.15, 0.2) is 42.5 Å². The molecule has 7 nitrogen and oxygen atoms in total. The smallest absolute Gasteiger partial charge is 0.229 e. The van der Waals surface area contributed by atoms with Crippen LogP contribution in [0.3, 0.4) is 0 Å². The minimum atomic E-state index is -0.527. The summed E-state index contributed by atoms with van der Waals surface area (Å²) >= 11 is 0. The topological polar surface area (TPSA) is 87.3 Å². The molecule has 2 N–H and O–H groups in total. The maximum absolute atomic E-state index is 14.2. The molecular weight excluding hydrogens is 363 g/mol. The Bertz CT molecular complexity index is 1050. The molecule has 1 saturated heterocycles. The first-order valence-electron chi connectivity index (χ1n) is 8.91. The van der Waals surface area contributed by atoms with Gasteiger partial charge < -0.3 is 10.1 Å². The van der Waals surface area contributed by atoms with Crippen molar-refractivity contribution < 1.29 is 18.7 Å². The second-order valence-corrected chi connectivity index (χ2v) is 6.64. The maximum Gasteiger partial charge on any atom is 0.229 e. The van der Waals surface area contributed by atoms with Crippen molar-refractivity contribution in [3.8, 4) is 5.75 Å². The lowest BCUT2D eigenvalue weighted by atomic mass is 10.1. The number of anilines is 1. The third-order valence-corrected chi connectivity index (χ3v) is 4.92. The van der Waals surface area contributed by atoms with Crippen LogP contribution in [0, 0.1) is 11.7 Å². The standard InChI is InChI=1S/C20H19FN4O3/c1-28-16-8-3-2-5-12(16)10-22-20(27)13-9-17(26)25(11-13)19-18-14(21)6-4-7-15(18)23-24-19/h2-8,13H,9-11H2,1H3,(H,22,27)(H,23,24). The molecule has 3 aromatic rings. The molecule has 4 rings (SSSR count). The van der Waals surface area contributed by atoms with E-state index < -0.39 is 11.7 Å². The number of para-hydroxylation sites is 1. The Balaban J connectivity index is 1.47. The van der Waals surface area contributed by atoms with Gasteiger partial charge in [0.15, 0.2) is 5.82 Å². The molecule has 1 aliphatic heterocycles. The lowest BCUT2D eigenvalue weighted by Gasteiger charge is -2.15. The van der Waals surface area contributed by atoms with Gasteiger partial charge >= 0.3 is 0 Å². The Hall–Kier alpha value is -3.42. The summed E-state index contributed by atoms with van der Waals surface area (Å²) in [5.74, 6) is -0.571. The number of aromatic amines is 1. The summed E-state index contributed by atoms with van der Waals surface area (Å²) in [4.78, 5) is 26.4. The molecule has 1 unspecified atom stereocenters. The summed E-state index contributed by atoms with van der Waals surface area (Å²) in [6.07, 6.45) is 0.0561. The number of hydrogen-bond acceptors (Lipinski definition) is 4. The molecule has 2 heterocycles. The van der Waals surface area contributed by atoms with Crippen LogP contribution in [0.1, 0.15) is 12.0 Å². The second kappa shape index (κ2) is 7.30. The minimum absolute atomic E-state index is 0.0561. The number of fused-ring (bicyclic) bond motifs is 1. The van der Waals surface area contributed by atoms with Gasteiger partial charge in [-0.2, -0.15) is 5.10 Å². The van der Waals surface area contributed by atoms with Gasteiger partial charge in [-0.15, -0.1) is 0 Å². The first kappa shape index (κ1) is 18.0. The van der Waals surface area contributed by atoms with E-state index in [9.17, 15) is 14.0 Å². The summed E-state index contributed by atoms with van der Waals surface area (Å²) in [7, 11) is 1.57. The van der Waals surface area contributed by atoms with E-state index in [4.69, 9.17) is 4.74 Å². The minimum Gasteiger partial charge on any atom is -0.496 e. The predicted octanol–water partition coefficient (Wildman–Crippen LogP) is 2.38. The van der Waals surface area contributed by atoms with Crippen LogP contribution in [0.4, 0.5) is 10.2 Å². The number of carbonyl (C=O) groups excluding carboxylic acids is 2. The fraction of sp³-hybridized carbons (Fsp3) is 0.250. The van der Waals surface area contributed by atoms with E-state index in [0.29, 0.717) is 17.8 Å². The number of rotatable bonds is 5. The fourth-order valence-electron chi connectivity index (χ4n) is 3.47. The molecule has 0 spiro atoms. The van der Waals surface area contributed by atoms with Gasteiger partial charge in [0.1, 0.15) is 11.6 Å². The molecule has 1 aromatic heterocycles. The normalized spacial score (nSPS) is 16.6. The van der Waals surface area contributed by atoms with Crippen LogP contribution >= 0.6 is 0 Å². The van der Waals surface area contributed by atoms with Crippen LogP contribution in [0.25, 0.3) is 10.9 Å². The van der Waals surface area contributed by atoms with Crippen molar-refractivity contribution in [3.63, 3.8) is 0 Å². The van der Waals surface area contributed by atoms with Gasteiger partial charge in [0.25, 0.3) is 0 Å². The van der Waals surface area contributed by atoms with Gasteiger partial charge in [0, 0.05) is 25.1 Å². The summed E-state index contributed by atoms with van der Waals surface area (Å²) in [6, 6.07) is 12.0. The molecular formula is C20H19FN4O3.